The molecule has 2 aliphatic heterocycles. The van der Waals surface area contributed by atoms with Gasteiger partial charge in [0.1, 0.15) is 5.56 Å². The summed E-state index contributed by atoms with van der Waals surface area (Å²) in [4.78, 5) is 33.4. The molecule has 0 N–H and O–H groups in total. The second-order valence-electron chi connectivity index (χ2n) is 8.94. The molecule has 1 saturated heterocycles. The third-order valence-corrected chi connectivity index (χ3v) is 7.07. The first kappa shape index (κ1) is 21.9. The molecular formula is C25H32N6O2. The zero-order chi connectivity index (χ0) is 22.9. The second kappa shape index (κ2) is 9.11. The first-order valence-electron chi connectivity index (χ1n) is 12.0. The Morgan fingerprint density at radius 1 is 0.970 bits per heavy atom. The van der Waals surface area contributed by atoms with Gasteiger partial charge in [0.25, 0.3) is 11.5 Å². The summed E-state index contributed by atoms with van der Waals surface area (Å²) in [5.41, 5.74) is 4.16. The zero-order valence-electron chi connectivity index (χ0n) is 19.5. The first-order valence-corrected chi connectivity index (χ1v) is 12.0. The lowest BCUT2D eigenvalue weighted by Crippen LogP contribution is -2.48. The molecular weight excluding hydrogens is 416 g/mol. The lowest BCUT2D eigenvalue weighted by molar-refractivity contribution is 0.0645. The van der Waals surface area contributed by atoms with E-state index in [1.54, 1.807) is 6.20 Å². The number of carbonyl (C=O) groups excluding carboxylic acids is 1. The number of amides is 1. The smallest absolute Gasteiger partial charge is 0.279 e. The minimum Gasteiger partial charge on any atom is -0.336 e. The molecule has 4 heterocycles. The van der Waals surface area contributed by atoms with Crippen LogP contribution in [0.1, 0.15) is 41.0 Å². The number of fused-ring (bicyclic) bond motifs is 2. The average molecular weight is 449 g/mol. The van der Waals surface area contributed by atoms with Gasteiger partial charge in [-0.25, -0.2) is 0 Å². The molecule has 0 atom stereocenters. The highest BCUT2D eigenvalue weighted by molar-refractivity contribution is 6.00. The number of nitrogens with zero attached hydrogens (tertiary/aromatic N) is 6. The van der Waals surface area contributed by atoms with E-state index in [1.807, 2.05) is 23.1 Å². The molecule has 1 amide bonds. The van der Waals surface area contributed by atoms with E-state index >= 15 is 0 Å². The number of piperazine rings is 1. The summed E-state index contributed by atoms with van der Waals surface area (Å²) in [5.74, 6) is -0.0242. The number of hydrogen-bond acceptors (Lipinski definition) is 5. The van der Waals surface area contributed by atoms with Gasteiger partial charge in [0.15, 0.2) is 5.65 Å². The van der Waals surface area contributed by atoms with Crippen LogP contribution in [0.5, 0.6) is 0 Å². The standard InChI is InChI=1S/C25H32N6O2/c1-3-27-12-14-29(15-13-27)24(32)20-16-26-31-23(20)30(4-2)22-10-11-28(18-21(22)25(31)33)17-19-8-6-5-7-9-19/h5-9,16H,3-4,10-15,17-18H2,1-2H3. The summed E-state index contributed by atoms with van der Waals surface area (Å²) >= 11 is 0. The van der Waals surface area contributed by atoms with Crippen LogP contribution in [0.4, 0.5) is 0 Å². The van der Waals surface area contributed by atoms with Gasteiger partial charge in [0.05, 0.1) is 11.8 Å². The highest BCUT2D eigenvalue weighted by Crippen LogP contribution is 2.23. The van der Waals surface area contributed by atoms with Gasteiger partial charge in [0.2, 0.25) is 0 Å². The summed E-state index contributed by atoms with van der Waals surface area (Å²) in [6, 6.07) is 10.4. The molecule has 0 saturated carbocycles. The summed E-state index contributed by atoms with van der Waals surface area (Å²) in [6.07, 6.45) is 2.38. The van der Waals surface area contributed by atoms with Crippen LogP contribution < -0.4 is 5.56 Å². The molecule has 0 unspecified atom stereocenters. The number of aromatic nitrogens is 3. The topological polar surface area (TPSA) is 66.1 Å². The zero-order valence-corrected chi connectivity index (χ0v) is 19.5. The fourth-order valence-electron chi connectivity index (χ4n) is 5.21. The van der Waals surface area contributed by atoms with Gasteiger partial charge in [-0.15, -0.1) is 0 Å². The van der Waals surface area contributed by atoms with Crippen molar-refractivity contribution in [2.45, 2.75) is 39.9 Å². The van der Waals surface area contributed by atoms with Gasteiger partial charge in [0, 0.05) is 64.5 Å². The van der Waals surface area contributed by atoms with Crippen molar-refractivity contribution in [3.05, 3.63) is 69.3 Å². The van der Waals surface area contributed by atoms with Gasteiger partial charge in [-0.2, -0.15) is 9.61 Å². The molecule has 1 aromatic carbocycles. The third-order valence-electron chi connectivity index (χ3n) is 7.07. The lowest BCUT2D eigenvalue weighted by atomic mass is 10.0. The Morgan fingerprint density at radius 2 is 1.73 bits per heavy atom. The van der Waals surface area contributed by atoms with Crippen LogP contribution in [0, 0.1) is 0 Å². The van der Waals surface area contributed by atoms with Crippen molar-refractivity contribution < 1.29 is 4.79 Å². The molecule has 174 valence electrons. The van der Waals surface area contributed by atoms with E-state index in [2.05, 4.69) is 45.4 Å². The van der Waals surface area contributed by atoms with Gasteiger partial charge < -0.3 is 14.4 Å². The van der Waals surface area contributed by atoms with Gasteiger partial charge in [-0.05, 0) is 19.0 Å². The molecule has 0 radical (unpaired) electrons. The highest BCUT2D eigenvalue weighted by Gasteiger charge is 2.29. The van der Waals surface area contributed by atoms with E-state index in [9.17, 15) is 9.59 Å². The maximum absolute atomic E-state index is 13.5. The van der Waals surface area contributed by atoms with Gasteiger partial charge >= 0.3 is 0 Å². The van der Waals surface area contributed by atoms with Crippen molar-refractivity contribution in [3.8, 4) is 0 Å². The molecule has 8 nitrogen and oxygen atoms in total. The molecule has 0 spiro atoms. The molecule has 33 heavy (non-hydrogen) atoms. The second-order valence-corrected chi connectivity index (χ2v) is 8.94. The Morgan fingerprint density at radius 3 is 2.42 bits per heavy atom. The average Bonchev–Trinajstić information content (AvgIpc) is 3.30. The number of carbonyl (C=O) groups is 1. The van der Waals surface area contributed by atoms with E-state index < -0.39 is 0 Å². The largest absolute Gasteiger partial charge is 0.336 e. The quantitative estimate of drug-likeness (QED) is 0.596. The molecule has 2 aliphatic rings. The van der Waals surface area contributed by atoms with Crippen molar-refractivity contribution in [2.24, 2.45) is 0 Å². The molecule has 3 aromatic rings. The van der Waals surface area contributed by atoms with Crippen molar-refractivity contribution >= 4 is 11.6 Å². The molecule has 2 aromatic heterocycles. The first-order chi connectivity index (χ1) is 16.1. The van der Waals surface area contributed by atoms with Gasteiger partial charge in [-0.3, -0.25) is 14.5 Å². The van der Waals surface area contributed by atoms with Crippen LogP contribution in [0.3, 0.4) is 0 Å². The molecule has 0 bridgehead atoms. The maximum atomic E-state index is 13.5. The van der Waals surface area contributed by atoms with Crippen molar-refractivity contribution in [1.82, 2.24) is 28.9 Å². The van der Waals surface area contributed by atoms with Crippen molar-refractivity contribution in [3.63, 3.8) is 0 Å². The van der Waals surface area contributed by atoms with E-state index in [0.29, 0.717) is 37.4 Å². The summed E-state index contributed by atoms with van der Waals surface area (Å²) < 4.78 is 3.59. The molecule has 1 fully saturated rings. The van der Waals surface area contributed by atoms with Crippen LogP contribution in [0.15, 0.2) is 41.3 Å². The van der Waals surface area contributed by atoms with Crippen molar-refractivity contribution in [2.75, 3.05) is 39.3 Å². The Balaban J connectivity index is 1.48. The minimum absolute atomic E-state index is 0.0242. The molecule has 8 heteroatoms. The van der Waals surface area contributed by atoms with E-state index in [4.69, 9.17) is 0 Å². The maximum Gasteiger partial charge on any atom is 0.279 e. The summed E-state index contributed by atoms with van der Waals surface area (Å²) in [7, 11) is 0. The Bertz CT molecular complexity index is 1210. The number of hydrogen-bond donors (Lipinski definition) is 0. The summed E-state index contributed by atoms with van der Waals surface area (Å²) in [6.45, 7) is 11.4. The number of rotatable bonds is 5. The fraction of sp³-hybridized carbons (Fsp3) is 0.480. The minimum atomic E-state index is -0.0997. The van der Waals surface area contributed by atoms with Crippen molar-refractivity contribution in [1.29, 1.82) is 0 Å². The van der Waals surface area contributed by atoms with E-state index in [-0.39, 0.29) is 11.5 Å². The molecule has 0 aliphatic carbocycles. The normalized spacial score (nSPS) is 17.5. The van der Waals surface area contributed by atoms with Crippen LogP contribution >= 0.6 is 0 Å². The number of benzene rings is 1. The Labute approximate surface area is 194 Å². The Kier molecular flexibility index (Phi) is 6.03. The SMILES string of the molecule is CCN1CCN(C(=O)c2cnn3c(=O)c4c(n(CC)c23)CCN(Cc2ccccc2)C4)CC1. The Hall–Kier alpha value is -2.97. The van der Waals surface area contributed by atoms with E-state index in [0.717, 1.165) is 50.4 Å². The van der Waals surface area contributed by atoms with Crippen LogP contribution in [0.25, 0.3) is 5.65 Å². The highest BCUT2D eigenvalue weighted by atomic mass is 16.2. The van der Waals surface area contributed by atoms with Gasteiger partial charge in [-0.1, -0.05) is 37.3 Å². The predicted molar refractivity (Wildman–Crippen MR) is 127 cm³/mol. The third kappa shape index (κ3) is 3.98. The van der Waals surface area contributed by atoms with E-state index in [1.165, 1.54) is 10.1 Å². The van der Waals surface area contributed by atoms with Crippen LogP contribution in [-0.4, -0.2) is 74.1 Å². The number of aryl methyl sites for hydroxylation is 1. The predicted octanol–water partition coefficient (Wildman–Crippen LogP) is 1.85. The number of likely N-dealkylation sites (N-methyl/N-ethyl adjacent to an activating group) is 1. The van der Waals surface area contributed by atoms with Crippen LogP contribution in [0.2, 0.25) is 0 Å². The van der Waals surface area contributed by atoms with Crippen LogP contribution in [-0.2, 0) is 26.1 Å². The monoisotopic (exact) mass is 448 g/mol. The fourth-order valence-corrected chi connectivity index (χ4v) is 5.21. The lowest BCUT2D eigenvalue weighted by Gasteiger charge is -2.34. The summed E-state index contributed by atoms with van der Waals surface area (Å²) in [5, 5.41) is 4.40. The molecule has 5 rings (SSSR count).